The Balaban J connectivity index is 0.00000341. The van der Waals surface area contributed by atoms with Gasteiger partial charge in [-0.1, -0.05) is 6.07 Å². The van der Waals surface area contributed by atoms with Crippen LogP contribution in [0.3, 0.4) is 0 Å². The lowest BCUT2D eigenvalue weighted by atomic mass is 10.2. The molecule has 2 aromatic carbocycles. The number of rotatable bonds is 6. The van der Waals surface area contributed by atoms with Gasteiger partial charge in [0, 0.05) is 57.6 Å². The highest BCUT2D eigenvalue weighted by atomic mass is 127. The van der Waals surface area contributed by atoms with E-state index in [9.17, 15) is 9.18 Å². The van der Waals surface area contributed by atoms with Crippen molar-refractivity contribution in [2.24, 2.45) is 4.99 Å². The fourth-order valence-electron chi connectivity index (χ4n) is 3.36. The van der Waals surface area contributed by atoms with Gasteiger partial charge >= 0.3 is 0 Å². The summed E-state index contributed by atoms with van der Waals surface area (Å²) in [4.78, 5) is 20.0. The van der Waals surface area contributed by atoms with Gasteiger partial charge in [0.1, 0.15) is 18.2 Å². The number of nitrogens with zero attached hydrogens (tertiary/aromatic N) is 3. The fourth-order valence-corrected chi connectivity index (χ4v) is 3.36. The molecule has 1 amide bonds. The smallest absolute Gasteiger partial charge is 0.221 e. The number of guanidine groups is 1. The van der Waals surface area contributed by atoms with E-state index >= 15 is 0 Å². The number of carbonyl (C=O) groups is 1. The van der Waals surface area contributed by atoms with Gasteiger partial charge in [-0.25, -0.2) is 4.39 Å². The monoisotopic (exact) mass is 541 g/mol. The number of amides is 1. The normalized spacial score (nSPS) is 14.0. The summed E-state index contributed by atoms with van der Waals surface area (Å²) in [5.41, 5.74) is 1.75. The van der Waals surface area contributed by atoms with Crippen molar-refractivity contribution in [3.63, 3.8) is 0 Å². The van der Waals surface area contributed by atoms with Crippen molar-refractivity contribution in [1.82, 2.24) is 10.2 Å². The van der Waals surface area contributed by atoms with Crippen molar-refractivity contribution in [2.45, 2.75) is 6.92 Å². The molecule has 1 aliphatic heterocycles. The number of carbonyl (C=O) groups excluding carboxylic acids is 1. The molecule has 168 valence electrons. The Kier molecular flexibility index (Phi) is 9.83. The first-order valence-corrected chi connectivity index (χ1v) is 10.0. The van der Waals surface area contributed by atoms with E-state index in [4.69, 9.17) is 4.74 Å². The summed E-state index contributed by atoms with van der Waals surface area (Å²) in [6.45, 7) is 5.90. The van der Waals surface area contributed by atoms with Gasteiger partial charge in [0.15, 0.2) is 5.96 Å². The molecule has 1 fully saturated rings. The van der Waals surface area contributed by atoms with Crippen LogP contribution in [0, 0.1) is 5.82 Å². The second-order valence-corrected chi connectivity index (χ2v) is 6.98. The second-order valence-electron chi connectivity index (χ2n) is 6.98. The molecule has 0 atom stereocenters. The van der Waals surface area contributed by atoms with E-state index in [1.54, 1.807) is 13.1 Å². The van der Waals surface area contributed by atoms with E-state index in [1.165, 1.54) is 19.1 Å². The lowest BCUT2D eigenvalue weighted by Crippen LogP contribution is -2.53. The summed E-state index contributed by atoms with van der Waals surface area (Å²) in [7, 11) is 1.77. The molecule has 9 heteroatoms. The van der Waals surface area contributed by atoms with Gasteiger partial charge in [0.25, 0.3) is 0 Å². The molecule has 31 heavy (non-hydrogen) atoms. The maximum absolute atomic E-state index is 13.1. The molecule has 0 unspecified atom stereocenters. The standard InChI is InChI=1S/C22H28FN5O2.HI/c1-17(29)26-19-4-3-5-21(16-19)30-15-10-25-22(24-2)28-13-11-27(12-14-28)20-8-6-18(23)7-9-20;/h3-9,16H,10-15H2,1-2H3,(H,24,25)(H,26,29);1H. The highest BCUT2D eigenvalue weighted by Gasteiger charge is 2.19. The molecular formula is C22H29FIN5O2. The molecule has 0 aromatic heterocycles. The van der Waals surface area contributed by atoms with E-state index < -0.39 is 0 Å². The van der Waals surface area contributed by atoms with E-state index in [0.29, 0.717) is 24.6 Å². The Bertz CT molecular complexity index is 870. The van der Waals surface area contributed by atoms with Crippen LogP contribution in [0.4, 0.5) is 15.8 Å². The van der Waals surface area contributed by atoms with Crippen LogP contribution in [0.25, 0.3) is 0 Å². The third kappa shape index (κ3) is 7.57. The van der Waals surface area contributed by atoms with E-state index in [-0.39, 0.29) is 35.7 Å². The zero-order valence-corrected chi connectivity index (χ0v) is 20.1. The molecule has 0 spiro atoms. The molecule has 0 saturated carbocycles. The Labute approximate surface area is 199 Å². The lowest BCUT2D eigenvalue weighted by molar-refractivity contribution is -0.114. The number of piperazine rings is 1. The number of hydrogen-bond donors (Lipinski definition) is 2. The number of ether oxygens (including phenoxy) is 1. The topological polar surface area (TPSA) is 69.2 Å². The molecule has 1 heterocycles. The van der Waals surface area contributed by atoms with Crippen LogP contribution < -0.4 is 20.3 Å². The van der Waals surface area contributed by atoms with Gasteiger partial charge in [-0.15, -0.1) is 24.0 Å². The summed E-state index contributed by atoms with van der Waals surface area (Å²) in [6.07, 6.45) is 0. The number of anilines is 2. The first kappa shape index (κ1) is 24.7. The molecule has 1 saturated heterocycles. The molecule has 2 N–H and O–H groups in total. The maximum Gasteiger partial charge on any atom is 0.221 e. The van der Waals surface area contributed by atoms with Crippen molar-refractivity contribution < 1.29 is 13.9 Å². The summed E-state index contributed by atoms with van der Waals surface area (Å²) in [5, 5.41) is 6.07. The quantitative estimate of drug-likeness (QED) is 0.255. The van der Waals surface area contributed by atoms with Gasteiger partial charge in [-0.3, -0.25) is 9.79 Å². The molecule has 0 radical (unpaired) electrons. The first-order valence-electron chi connectivity index (χ1n) is 10.0. The molecule has 3 rings (SSSR count). The Morgan fingerprint density at radius 1 is 1.13 bits per heavy atom. The molecule has 0 aliphatic carbocycles. The van der Waals surface area contributed by atoms with E-state index in [2.05, 4.69) is 25.4 Å². The van der Waals surface area contributed by atoms with Gasteiger partial charge in [-0.2, -0.15) is 0 Å². The molecule has 1 aliphatic rings. The molecule has 7 nitrogen and oxygen atoms in total. The van der Waals surface area contributed by atoms with Crippen LogP contribution in [0.15, 0.2) is 53.5 Å². The van der Waals surface area contributed by atoms with Crippen LogP contribution in [-0.2, 0) is 4.79 Å². The predicted octanol–water partition coefficient (Wildman–Crippen LogP) is 3.18. The van der Waals surface area contributed by atoms with Crippen molar-refractivity contribution in [3.8, 4) is 5.75 Å². The minimum absolute atomic E-state index is 0. The van der Waals surface area contributed by atoms with Crippen molar-refractivity contribution in [2.75, 3.05) is 56.6 Å². The minimum atomic E-state index is -0.217. The highest BCUT2D eigenvalue weighted by molar-refractivity contribution is 14.0. The predicted molar refractivity (Wildman–Crippen MR) is 133 cm³/mol. The summed E-state index contributed by atoms with van der Waals surface area (Å²) in [5.74, 6) is 1.21. The Morgan fingerprint density at radius 2 is 1.84 bits per heavy atom. The Morgan fingerprint density at radius 3 is 2.48 bits per heavy atom. The fraction of sp³-hybridized carbons (Fsp3) is 0.364. The minimum Gasteiger partial charge on any atom is -0.492 e. The molecular weight excluding hydrogens is 512 g/mol. The number of halogens is 2. The van der Waals surface area contributed by atoms with Crippen LogP contribution in [0.1, 0.15) is 6.92 Å². The number of benzene rings is 2. The average Bonchev–Trinajstić information content (AvgIpc) is 2.74. The van der Waals surface area contributed by atoms with Crippen molar-refractivity contribution in [1.29, 1.82) is 0 Å². The van der Waals surface area contributed by atoms with Crippen molar-refractivity contribution >= 4 is 47.2 Å². The van der Waals surface area contributed by atoms with Crippen LogP contribution >= 0.6 is 24.0 Å². The molecule has 0 bridgehead atoms. The number of aliphatic imine (C=N–C) groups is 1. The van der Waals surface area contributed by atoms with Crippen LogP contribution in [0.2, 0.25) is 0 Å². The third-order valence-electron chi connectivity index (χ3n) is 4.79. The van der Waals surface area contributed by atoms with Gasteiger partial charge in [-0.05, 0) is 36.4 Å². The summed E-state index contributed by atoms with van der Waals surface area (Å²) in [6, 6.07) is 13.9. The highest BCUT2D eigenvalue weighted by Crippen LogP contribution is 2.18. The van der Waals surface area contributed by atoms with E-state index in [0.717, 1.165) is 37.8 Å². The zero-order valence-electron chi connectivity index (χ0n) is 17.8. The average molecular weight is 541 g/mol. The maximum atomic E-state index is 13.1. The van der Waals surface area contributed by atoms with Crippen molar-refractivity contribution in [3.05, 3.63) is 54.3 Å². The third-order valence-corrected chi connectivity index (χ3v) is 4.79. The second kappa shape index (κ2) is 12.3. The van der Waals surface area contributed by atoms with Gasteiger partial charge < -0.3 is 25.2 Å². The SMILES string of the molecule is CN=C(NCCOc1cccc(NC(C)=O)c1)N1CCN(c2ccc(F)cc2)CC1.I. The lowest BCUT2D eigenvalue weighted by Gasteiger charge is -2.37. The van der Waals surface area contributed by atoms with Crippen LogP contribution in [0.5, 0.6) is 5.75 Å². The number of nitrogens with one attached hydrogen (secondary N) is 2. The largest absolute Gasteiger partial charge is 0.492 e. The first-order chi connectivity index (χ1) is 14.5. The van der Waals surface area contributed by atoms with Gasteiger partial charge in [0.2, 0.25) is 5.91 Å². The number of hydrogen-bond acceptors (Lipinski definition) is 4. The summed E-state index contributed by atoms with van der Waals surface area (Å²) >= 11 is 0. The summed E-state index contributed by atoms with van der Waals surface area (Å²) < 4.78 is 18.9. The molecule has 2 aromatic rings. The van der Waals surface area contributed by atoms with E-state index in [1.807, 2.05) is 30.3 Å². The Hall–Kier alpha value is -2.56. The van der Waals surface area contributed by atoms with Crippen LogP contribution in [-0.4, -0.2) is 63.1 Å². The van der Waals surface area contributed by atoms with Gasteiger partial charge in [0.05, 0.1) is 6.54 Å². The zero-order chi connectivity index (χ0) is 21.3.